The van der Waals surface area contributed by atoms with Crippen LogP contribution in [0.5, 0.6) is 0 Å². The van der Waals surface area contributed by atoms with E-state index in [9.17, 15) is 0 Å². The van der Waals surface area contributed by atoms with Gasteiger partial charge in [0, 0.05) is 43.9 Å². The molecule has 0 amide bonds. The van der Waals surface area contributed by atoms with E-state index in [2.05, 4.69) is 203 Å². The molecule has 0 atom stereocenters. The van der Waals surface area contributed by atoms with Gasteiger partial charge in [-0.25, -0.2) is 0 Å². The molecule has 8 aromatic carbocycles. The van der Waals surface area contributed by atoms with E-state index in [4.69, 9.17) is 8.83 Å². The van der Waals surface area contributed by atoms with Crippen LogP contribution in [0, 0.1) is 0 Å². The van der Waals surface area contributed by atoms with Crippen LogP contribution in [0.2, 0.25) is 0 Å². The fourth-order valence-corrected chi connectivity index (χ4v) is 12.4. The molecule has 5 heteroatoms. The predicted octanol–water partition coefficient (Wildman–Crippen LogP) is 14.8. The quantitative estimate of drug-likeness (QED) is 0.163. The minimum absolute atomic E-state index is 0.0295. The highest BCUT2D eigenvalue weighted by atomic mass is 16.3. The van der Waals surface area contributed by atoms with E-state index in [1.165, 1.54) is 73.2 Å². The van der Waals surface area contributed by atoms with Crippen LogP contribution in [0.25, 0.3) is 66.1 Å². The minimum atomic E-state index is -0.285. The van der Waals surface area contributed by atoms with Crippen LogP contribution < -0.4 is 20.6 Å². The van der Waals surface area contributed by atoms with Gasteiger partial charge in [-0.05, 0) is 116 Å². The maximum atomic E-state index is 7.24. The smallest absolute Gasteiger partial charge is 0.333 e. The zero-order valence-electron chi connectivity index (χ0n) is 37.1. The number of furan rings is 2. The Bertz CT molecular complexity index is 3680. The van der Waals surface area contributed by atoms with Gasteiger partial charge in [0.25, 0.3) is 0 Å². The molecule has 0 unspecified atom stereocenters. The van der Waals surface area contributed by atoms with Crippen molar-refractivity contribution >= 4 is 90.1 Å². The SMILES string of the molecule is CC1(C)CCC(C)(C)c2cc3c(cc21)N1c2c(cccc2C3(C)C)B2c3c(cc4c(oc5ccccc54)c31)-c1cc(-c3ccccc3)ccc1N2c1cccc2c1oc1ccccc12. The Balaban J connectivity index is 1.17. The summed E-state index contributed by atoms with van der Waals surface area (Å²) >= 11 is 0. The van der Waals surface area contributed by atoms with Crippen LogP contribution in [0.1, 0.15) is 76.6 Å². The molecular formula is C59H47BN2O2. The lowest BCUT2D eigenvalue weighted by atomic mass is 9.42. The summed E-state index contributed by atoms with van der Waals surface area (Å²) < 4.78 is 14.2. The van der Waals surface area contributed by atoms with Gasteiger partial charge in [0.1, 0.15) is 11.2 Å². The van der Waals surface area contributed by atoms with E-state index in [1.54, 1.807) is 0 Å². The number of hydrogen-bond acceptors (Lipinski definition) is 4. The Kier molecular flexibility index (Phi) is 6.95. The maximum absolute atomic E-state index is 7.24. The number of para-hydroxylation sites is 4. The van der Waals surface area contributed by atoms with Gasteiger partial charge in [0.05, 0.1) is 17.1 Å². The van der Waals surface area contributed by atoms with Gasteiger partial charge < -0.3 is 18.5 Å². The normalized spacial score (nSPS) is 17.1. The third kappa shape index (κ3) is 4.59. The second kappa shape index (κ2) is 12.2. The highest BCUT2D eigenvalue weighted by Gasteiger charge is 2.52. The molecule has 0 saturated heterocycles. The average Bonchev–Trinajstić information content (AvgIpc) is 3.89. The molecule has 308 valence electrons. The van der Waals surface area contributed by atoms with Gasteiger partial charge in [-0.2, -0.15) is 0 Å². The van der Waals surface area contributed by atoms with E-state index in [0.717, 1.165) is 67.4 Å². The average molecular weight is 827 g/mol. The molecule has 2 aromatic heterocycles. The number of nitrogens with zero attached hydrogens (tertiary/aromatic N) is 2. The first-order valence-corrected chi connectivity index (χ1v) is 23.0. The molecule has 14 rings (SSSR count). The molecule has 0 N–H and O–H groups in total. The molecule has 3 aliphatic heterocycles. The molecule has 1 aliphatic carbocycles. The van der Waals surface area contributed by atoms with Gasteiger partial charge in [0.15, 0.2) is 11.2 Å². The largest absolute Gasteiger partial charge is 0.454 e. The summed E-state index contributed by atoms with van der Waals surface area (Å²) in [6.45, 7) is 14.5. The molecular weight excluding hydrogens is 779 g/mol. The van der Waals surface area contributed by atoms with E-state index in [0.29, 0.717) is 0 Å². The monoisotopic (exact) mass is 826 g/mol. The predicted molar refractivity (Wildman–Crippen MR) is 268 cm³/mol. The van der Waals surface area contributed by atoms with E-state index in [1.807, 2.05) is 0 Å². The number of hydrogen-bond donors (Lipinski definition) is 0. The summed E-state index contributed by atoms with van der Waals surface area (Å²) in [4.78, 5) is 5.25. The second-order valence-electron chi connectivity index (χ2n) is 20.7. The summed E-state index contributed by atoms with van der Waals surface area (Å²) in [6, 6.07) is 56.4. The summed E-state index contributed by atoms with van der Waals surface area (Å²) in [7, 11) is 0. The molecule has 0 radical (unpaired) electrons. The molecule has 4 nitrogen and oxygen atoms in total. The van der Waals surface area contributed by atoms with Gasteiger partial charge >= 0.3 is 6.85 Å². The highest BCUT2D eigenvalue weighted by molar-refractivity contribution is 6.94. The Morgan fingerprint density at radius 2 is 1.11 bits per heavy atom. The van der Waals surface area contributed by atoms with E-state index < -0.39 is 0 Å². The molecule has 4 aliphatic rings. The Hall–Kier alpha value is -6.98. The molecule has 10 aromatic rings. The standard InChI is InChI=1S/C59H47BN2O2/c1-57(2)28-29-58(3,4)44-33-49-45(32-43(44)57)59(5,6)42-21-15-22-46-53(42)61(49)54-52-40(31-41-37-19-11-13-25-51(37)64-56(41)54)39-30-35(34-16-8-7-9-17-34)26-27-47(39)62(60(46)52)48-23-14-20-38-36-18-10-12-24-50(36)63-55(38)48/h7-27,30-33H,28-29H2,1-6H3. The van der Waals surface area contributed by atoms with Crippen molar-refractivity contribution in [1.29, 1.82) is 0 Å². The van der Waals surface area contributed by atoms with Crippen molar-refractivity contribution in [2.24, 2.45) is 0 Å². The highest BCUT2D eigenvalue weighted by Crippen LogP contribution is 2.60. The number of fused-ring (bicyclic) bond motifs is 14. The number of benzene rings is 8. The Morgan fingerprint density at radius 3 is 1.88 bits per heavy atom. The van der Waals surface area contributed by atoms with Crippen LogP contribution >= 0.6 is 0 Å². The van der Waals surface area contributed by atoms with Crippen molar-refractivity contribution in [3.05, 3.63) is 174 Å². The lowest BCUT2D eigenvalue weighted by molar-refractivity contribution is 0.331. The van der Waals surface area contributed by atoms with Crippen LogP contribution in [0.15, 0.2) is 160 Å². The Labute approximate surface area is 373 Å². The number of rotatable bonds is 2. The van der Waals surface area contributed by atoms with Crippen molar-refractivity contribution < 1.29 is 8.83 Å². The summed E-state index contributed by atoms with van der Waals surface area (Å²) in [5, 5.41) is 4.51. The van der Waals surface area contributed by atoms with Gasteiger partial charge in [-0.15, -0.1) is 0 Å². The zero-order chi connectivity index (χ0) is 43.0. The lowest BCUT2D eigenvalue weighted by Gasteiger charge is -2.51. The van der Waals surface area contributed by atoms with Crippen molar-refractivity contribution in [3.63, 3.8) is 0 Å². The molecule has 64 heavy (non-hydrogen) atoms. The van der Waals surface area contributed by atoms with Crippen molar-refractivity contribution in [1.82, 2.24) is 0 Å². The third-order valence-electron chi connectivity index (χ3n) is 15.9. The second-order valence-corrected chi connectivity index (χ2v) is 20.7. The fraction of sp³-hybridized carbons (Fsp3) is 0.186. The first-order valence-electron chi connectivity index (χ1n) is 23.0. The van der Waals surface area contributed by atoms with Crippen molar-refractivity contribution in [3.8, 4) is 22.3 Å². The third-order valence-corrected chi connectivity index (χ3v) is 15.9. The first kappa shape index (κ1) is 36.5. The number of anilines is 5. The lowest BCUT2D eigenvalue weighted by Crippen LogP contribution is -2.62. The van der Waals surface area contributed by atoms with Crippen molar-refractivity contribution in [2.75, 3.05) is 9.71 Å². The van der Waals surface area contributed by atoms with Gasteiger partial charge in [-0.1, -0.05) is 151 Å². The molecule has 0 spiro atoms. The summed E-state index contributed by atoms with van der Waals surface area (Å²) in [5.41, 5.74) is 22.3. The minimum Gasteiger partial charge on any atom is -0.454 e. The zero-order valence-corrected chi connectivity index (χ0v) is 37.1. The summed E-state index contributed by atoms with van der Waals surface area (Å²) in [6.07, 6.45) is 2.32. The van der Waals surface area contributed by atoms with Gasteiger partial charge in [-0.3, -0.25) is 0 Å². The topological polar surface area (TPSA) is 32.8 Å². The van der Waals surface area contributed by atoms with E-state index in [-0.39, 0.29) is 23.1 Å². The van der Waals surface area contributed by atoms with Crippen LogP contribution in [-0.2, 0) is 16.2 Å². The Morgan fingerprint density at radius 1 is 0.453 bits per heavy atom. The van der Waals surface area contributed by atoms with Crippen LogP contribution in [-0.4, -0.2) is 6.85 Å². The molecule has 0 fully saturated rings. The fourth-order valence-electron chi connectivity index (χ4n) is 12.4. The molecule has 5 heterocycles. The first-order chi connectivity index (χ1) is 31.0. The van der Waals surface area contributed by atoms with Gasteiger partial charge in [0.2, 0.25) is 0 Å². The van der Waals surface area contributed by atoms with Crippen LogP contribution in [0.4, 0.5) is 28.4 Å². The molecule has 0 bridgehead atoms. The van der Waals surface area contributed by atoms with E-state index >= 15 is 0 Å². The molecule has 0 saturated carbocycles. The summed E-state index contributed by atoms with van der Waals surface area (Å²) in [5.74, 6) is 0. The van der Waals surface area contributed by atoms with Crippen LogP contribution in [0.3, 0.4) is 0 Å². The maximum Gasteiger partial charge on any atom is 0.333 e. The van der Waals surface area contributed by atoms with Crippen molar-refractivity contribution in [2.45, 2.75) is 70.6 Å².